The van der Waals surface area contributed by atoms with Crippen molar-refractivity contribution in [3.05, 3.63) is 71.6 Å². The minimum atomic E-state index is -2.58. The summed E-state index contributed by atoms with van der Waals surface area (Å²) >= 11 is 0. The second-order valence-electron chi connectivity index (χ2n) is 11.0. The molecule has 40 heavy (non-hydrogen) atoms. The van der Waals surface area contributed by atoms with E-state index in [1.807, 2.05) is 36.4 Å². The van der Waals surface area contributed by atoms with E-state index in [1.54, 1.807) is 6.07 Å². The molecule has 2 aromatic rings. The minimum Gasteiger partial charge on any atom is -0.363 e. The Kier molecular flexibility index (Phi) is 5.10. The zero-order valence-electron chi connectivity index (χ0n) is 21.5. The maximum Gasteiger partial charge on any atom is 0.252 e. The second kappa shape index (κ2) is 8.29. The normalized spacial score (nSPS) is 29.3. The first kappa shape index (κ1) is 24.6. The Morgan fingerprint density at radius 3 is 2.58 bits per heavy atom. The summed E-state index contributed by atoms with van der Waals surface area (Å²) in [4.78, 5) is 40.9. The van der Waals surface area contributed by atoms with Gasteiger partial charge < -0.3 is 36.4 Å². The predicted molar refractivity (Wildman–Crippen MR) is 142 cm³/mol. The number of nitrogens with one attached hydrogen (secondary N) is 5. The van der Waals surface area contributed by atoms with Crippen LogP contribution in [-0.4, -0.2) is 86.4 Å². The summed E-state index contributed by atoms with van der Waals surface area (Å²) in [6.45, 7) is 3.75. The van der Waals surface area contributed by atoms with E-state index in [-0.39, 0.29) is 49.5 Å². The van der Waals surface area contributed by atoms with Crippen molar-refractivity contribution in [2.45, 2.75) is 48.8 Å². The average Bonchev–Trinajstić information content (AvgIpc) is 3.63. The molecule has 12 nitrogen and oxygen atoms in total. The van der Waals surface area contributed by atoms with Gasteiger partial charge in [0.05, 0.1) is 24.4 Å². The van der Waals surface area contributed by atoms with Gasteiger partial charge in [0.25, 0.3) is 5.91 Å². The van der Waals surface area contributed by atoms with Crippen molar-refractivity contribution in [3.8, 4) is 11.1 Å². The number of rotatable bonds is 4. The number of imide groups is 1. The first-order valence-electron chi connectivity index (χ1n) is 13.3. The van der Waals surface area contributed by atoms with Crippen LogP contribution in [-0.2, 0) is 16.0 Å². The number of nitrogens with zero attached hydrogens (tertiary/aromatic N) is 2. The number of amides is 3. The summed E-state index contributed by atoms with van der Waals surface area (Å²) in [5, 5.41) is 44.2. The van der Waals surface area contributed by atoms with Gasteiger partial charge in [-0.25, -0.2) is 0 Å². The minimum absolute atomic E-state index is 0.0634. The zero-order chi connectivity index (χ0) is 28.0. The van der Waals surface area contributed by atoms with Crippen molar-refractivity contribution in [1.82, 2.24) is 31.1 Å². The van der Waals surface area contributed by atoms with Crippen LogP contribution in [0.5, 0.6) is 0 Å². The molecule has 2 aromatic carbocycles. The maximum absolute atomic E-state index is 13.7. The third-order valence-corrected chi connectivity index (χ3v) is 8.89. The van der Waals surface area contributed by atoms with Crippen molar-refractivity contribution in [1.29, 1.82) is 5.41 Å². The van der Waals surface area contributed by atoms with Gasteiger partial charge in [-0.3, -0.25) is 24.7 Å². The molecule has 5 aliphatic rings. The lowest BCUT2D eigenvalue weighted by Gasteiger charge is -2.51. The van der Waals surface area contributed by atoms with Crippen LogP contribution in [0.3, 0.4) is 0 Å². The number of carbonyl (C=O) groups is 3. The molecule has 4 saturated heterocycles. The van der Waals surface area contributed by atoms with Crippen LogP contribution in [0.2, 0.25) is 0 Å². The summed E-state index contributed by atoms with van der Waals surface area (Å²) in [7, 11) is 0. The van der Waals surface area contributed by atoms with E-state index in [1.165, 1.54) is 4.90 Å². The van der Waals surface area contributed by atoms with E-state index in [9.17, 15) is 24.6 Å². The Morgan fingerprint density at radius 1 is 1.07 bits per heavy atom. The summed E-state index contributed by atoms with van der Waals surface area (Å²) in [5.41, 5.74) is 2.79. The van der Waals surface area contributed by atoms with Crippen LogP contribution in [0.15, 0.2) is 54.9 Å². The first-order chi connectivity index (χ1) is 19.1. The van der Waals surface area contributed by atoms with Gasteiger partial charge in [-0.05, 0) is 34.7 Å². The third-order valence-electron chi connectivity index (χ3n) is 8.89. The van der Waals surface area contributed by atoms with Crippen LogP contribution in [0.1, 0.15) is 34.3 Å². The Morgan fingerprint density at radius 2 is 1.80 bits per heavy atom. The topological polar surface area (TPSA) is 170 Å². The molecule has 4 fully saturated rings. The Labute approximate surface area is 229 Å². The molecule has 3 amide bonds. The molecule has 4 heterocycles. The quantitative estimate of drug-likeness (QED) is 0.163. The average molecular weight is 544 g/mol. The third kappa shape index (κ3) is 3.20. The van der Waals surface area contributed by atoms with Gasteiger partial charge >= 0.3 is 0 Å². The molecular weight excluding hydrogens is 514 g/mol. The molecule has 4 aliphatic heterocycles. The molecule has 1 aliphatic carbocycles. The Bertz CT molecular complexity index is 1510. The van der Waals surface area contributed by atoms with E-state index in [4.69, 9.17) is 5.41 Å². The number of hydrogen-bond acceptors (Lipinski definition) is 8. The van der Waals surface area contributed by atoms with Crippen LogP contribution < -0.4 is 21.3 Å². The Balaban J connectivity index is 1.19. The first-order valence-corrected chi connectivity index (χ1v) is 13.3. The smallest absolute Gasteiger partial charge is 0.252 e. The molecular formula is C28H29N7O5. The highest BCUT2D eigenvalue weighted by Gasteiger charge is 2.74. The highest BCUT2D eigenvalue weighted by Crippen LogP contribution is 2.45. The van der Waals surface area contributed by atoms with E-state index >= 15 is 0 Å². The second-order valence-corrected chi connectivity index (χ2v) is 11.0. The van der Waals surface area contributed by atoms with Gasteiger partial charge in [0.2, 0.25) is 17.6 Å². The lowest BCUT2D eigenvalue weighted by atomic mass is 9.84. The van der Waals surface area contributed by atoms with Gasteiger partial charge in [0.15, 0.2) is 11.6 Å². The molecule has 0 bridgehead atoms. The van der Waals surface area contributed by atoms with Gasteiger partial charge in [-0.1, -0.05) is 43.0 Å². The molecule has 4 atom stereocenters. The van der Waals surface area contributed by atoms with Gasteiger partial charge in [-0.15, -0.1) is 0 Å². The van der Waals surface area contributed by atoms with Crippen molar-refractivity contribution in [3.63, 3.8) is 0 Å². The van der Waals surface area contributed by atoms with Crippen LogP contribution in [0.25, 0.3) is 11.1 Å². The lowest BCUT2D eigenvalue weighted by Crippen LogP contribution is -2.81. The van der Waals surface area contributed by atoms with E-state index in [2.05, 4.69) is 27.8 Å². The predicted octanol–water partition coefficient (Wildman–Crippen LogP) is -0.863. The number of benzene rings is 2. The molecule has 12 heteroatoms. The van der Waals surface area contributed by atoms with Gasteiger partial charge in [0.1, 0.15) is 6.04 Å². The number of aliphatic hydroxyl groups is 2. The van der Waals surface area contributed by atoms with E-state index in [0.29, 0.717) is 12.0 Å². The van der Waals surface area contributed by atoms with E-state index < -0.39 is 35.5 Å². The van der Waals surface area contributed by atoms with Crippen molar-refractivity contribution < 1.29 is 24.6 Å². The maximum atomic E-state index is 13.7. The summed E-state index contributed by atoms with van der Waals surface area (Å²) in [6, 6.07) is 10.7. The molecule has 0 saturated carbocycles. The van der Waals surface area contributed by atoms with Gasteiger partial charge in [0, 0.05) is 24.9 Å². The molecule has 206 valence electrons. The van der Waals surface area contributed by atoms with Gasteiger partial charge in [-0.2, -0.15) is 0 Å². The van der Waals surface area contributed by atoms with E-state index in [0.717, 1.165) is 27.2 Å². The summed E-state index contributed by atoms with van der Waals surface area (Å²) in [5.74, 6) is -3.50. The van der Waals surface area contributed by atoms with Crippen LogP contribution in [0.4, 0.5) is 0 Å². The molecule has 7 rings (SSSR count). The highest BCUT2D eigenvalue weighted by molar-refractivity contribution is 6.02. The SMILES string of the molecule is C=C1N[C@H]2[C@H](CN3C(=O)CCC3=O)NC(=N)N3C[C@H](NC(=O)c4cccc5c4Cc4ccccc4-5)C(O)(O)[C@]23N1. The fraction of sp³-hybridized carbons (Fsp3) is 0.357. The molecule has 0 unspecified atom stereocenters. The fourth-order valence-electron chi connectivity index (χ4n) is 7.03. The van der Waals surface area contributed by atoms with Crippen molar-refractivity contribution in [2.24, 2.45) is 0 Å². The molecule has 7 N–H and O–H groups in total. The largest absolute Gasteiger partial charge is 0.363 e. The Hall–Kier alpha value is -4.42. The highest BCUT2D eigenvalue weighted by atomic mass is 16.5. The van der Waals surface area contributed by atoms with Crippen molar-refractivity contribution >= 4 is 23.7 Å². The monoisotopic (exact) mass is 543 g/mol. The standard InChI is InChI=1S/C28H29N7O5/c1-14-30-24-20(12-34-22(36)9-10-23(34)37)31-26(29)35-13-21(28(39,40)27(24,35)33-14)32-25(38)18-8-4-7-17-16-6-3-2-5-15(16)11-19(17)18/h2-8,20-21,24,30,33,39-40H,1,9-13H2,(H2,29,31)(H,32,38)/t20-,21-,24-,27-/m0/s1. The molecule has 0 radical (unpaired) electrons. The zero-order valence-corrected chi connectivity index (χ0v) is 21.5. The summed E-state index contributed by atoms with van der Waals surface area (Å²) < 4.78 is 0. The van der Waals surface area contributed by atoms with Crippen LogP contribution >= 0.6 is 0 Å². The number of hydrogen-bond donors (Lipinski definition) is 7. The molecule has 1 spiro atoms. The fourth-order valence-corrected chi connectivity index (χ4v) is 7.03. The molecule has 0 aromatic heterocycles. The lowest BCUT2D eigenvalue weighted by molar-refractivity contribution is -0.233. The number of fused-ring (bicyclic) bond motifs is 3. The van der Waals surface area contributed by atoms with Crippen molar-refractivity contribution in [2.75, 3.05) is 13.1 Å². The number of likely N-dealkylation sites (tertiary alicyclic amines) is 1. The van der Waals surface area contributed by atoms with Crippen LogP contribution in [0, 0.1) is 5.41 Å². The number of carbonyl (C=O) groups excluding carboxylic acids is 3. The number of guanidine groups is 1. The summed E-state index contributed by atoms with van der Waals surface area (Å²) in [6.07, 6.45) is 0.835.